The van der Waals surface area contributed by atoms with Crippen LogP contribution >= 0.6 is 0 Å². The minimum atomic E-state index is -0.796. The Labute approximate surface area is 114 Å². The van der Waals surface area contributed by atoms with E-state index in [1.54, 1.807) is 16.7 Å². The molecule has 0 aromatic rings. The molecule has 1 aliphatic heterocycles. The first kappa shape index (κ1) is 15.8. The Morgan fingerprint density at radius 2 is 1.84 bits per heavy atom. The SMILES string of the molecule is CC(C)N(CCO)C(=O)N1CCC(C)(C(=O)O)CC1. The maximum absolute atomic E-state index is 12.3. The monoisotopic (exact) mass is 272 g/mol. The van der Waals surface area contributed by atoms with Crippen LogP contribution in [0.25, 0.3) is 0 Å². The van der Waals surface area contributed by atoms with E-state index < -0.39 is 11.4 Å². The van der Waals surface area contributed by atoms with Crippen LogP contribution in [0.5, 0.6) is 0 Å². The number of piperidine rings is 1. The van der Waals surface area contributed by atoms with Gasteiger partial charge in [-0.05, 0) is 33.6 Å². The number of aliphatic hydroxyl groups is 1. The third-order valence-corrected chi connectivity index (χ3v) is 3.86. The molecule has 19 heavy (non-hydrogen) atoms. The second kappa shape index (κ2) is 6.23. The number of likely N-dealkylation sites (tertiary alicyclic amines) is 1. The Hall–Kier alpha value is -1.30. The summed E-state index contributed by atoms with van der Waals surface area (Å²) in [5.41, 5.74) is -0.726. The summed E-state index contributed by atoms with van der Waals surface area (Å²) in [5, 5.41) is 18.2. The van der Waals surface area contributed by atoms with Gasteiger partial charge in [-0.3, -0.25) is 4.79 Å². The molecule has 0 radical (unpaired) electrons. The maximum atomic E-state index is 12.3. The minimum absolute atomic E-state index is 0.0208. The first-order chi connectivity index (χ1) is 8.81. The number of aliphatic hydroxyl groups excluding tert-OH is 1. The topological polar surface area (TPSA) is 81.1 Å². The summed E-state index contributed by atoms with van der Waals surface area (Å²) < 4.78 is 0. The fraction of sp³-hybridized carbons (Fsp3) is 0.846. The predicted octanol–water partition coefficient (Wildman–Crippen LogP) is 0.996. The number of hydrogen-bond acceptors (Lipinski definition) is 3. The van der Waals surface area contributed by atoms with E-state index in [2.05, 4.69) is 0 Å². The molecular formula is C13H24N2O4. The number of rotatable bonds is 4. The molecular weight excluding hydrogens is 248 g/mol. The molecule has 0 aromatic carbocycles. The van der Waals surface area contributed by atoms with Crippen LogP contribution in [-0.4, -0.2) is 64.3 Å². The van der Waals surface area contributed by atoms with Gasteiger partial charge in [-0.2, -0.15) is 0 Å². The molecule has 0 atom stereocenters. The molecule has 0 bridgehead atoms. The summed E-state index contributed by atoms with van der Waals surface area (Å²) >= 11 is 0. The van der Waals surface area contributed by atoms with Crippen LogP contribution in [0.2, 0.25) is 0 Å². The lowest BCUT2D eigenvalue weighted by atomic mass is 9.80. The molecule has 1 heterocycles. The Balaban J connectivity index is 2.64. The van der Waals surface area contributed by atoms with Gasteiger partial charge in [0.1, 0.15) is 0 Å². The van der Waals surface area contributed by atoms with Gasteiger partial charge in [0.2, 0.25) is 0 Å². The molecule has 6 nitrogen and oxygen atoms in total. The number of carboxylic acid groups (broad SMARTS) is 1. The number of urea groups is 1. The number of nitrogens with zero attached hydrogens (tertiary/aromatic N) is 2. The fourth-order valence-corrected chi connectivity index (χ4v) is 2.27. The highest BCUT2D eigenvalue weighted by molar-refractivity contribution is 5.77. The van der Waals surface area contributed by atoms with Gasteiger partial charge in [0.15, 0.2) is 0 Å². The molecule has 0 spiro atoms. The van der Waals surface area contributed by atoms with Crippen molar-refractivity contribution in [2.24, 2.45) is 5.41 Å². The Kier molecular flexibility index (Phi) is 5.17. The van der Waals surface area contributed by atoms with Crippen molar-refractivity contribution in [1.29, 1.82) is 0 Å². The van der Waals surface area contributed by atoms with E-state index in [9.17, 15) is 9.59 Å². The van der Waals surface area contributed by atoms with Gasteiger partial charge in [-0.25, -0.2) is 4.79 Å². The fourth-order valence-electron chi connectivity index (χ4n) is 2.27. The van der Waals surface area contributed by atoms with E-state index in [0.29, 0.717) is 32.5 Å². The van der Waals surface area contributed by atoms with Crippen molar-refractivity contribution in [3.8, 4) is 0 Å². The van der Waals surface area contributed by atoms with Gasteiger partial charge >= 0.3 is 12.0 Å². The van der Waals surface area contributed by atoms with Crippen LogP contribution < -0.4 is 0 Å². The normalized spacial score (nSPS) is 18.5. The number of amides is 2. The highest BCUT2D eigenvalue weighted by atomic mass is 16.4. The molecule has 2 amide bonds. The van der Waals surface area contributed by atoms with Crippen molar-refractivity contribution in [2.75, 3.05) is 26.2 Å². The first-order valence-electron chi connectivity index (χ1n) is 6.71. The lowest BCUT2D eigenvalue weighted by Crippen LogP contribution is -2.52. The molecule has 1 rings (SSSR count). The van der Waals surface area contributed by atoms with Crippen molar-refractivity contribution in [2.45, 2.75) is 39.7 Å². The summed E-state index contributed by atoms with van der Waals surface area (Å²) in [6.07, 6.45) is 0.943. The number of aliphatic carboxylic acids is 1. The molecule has 0 aromatic heterocycles. The Bertz CT molecular complexity index is 336. The molecule has 6 heteroatoms. The Morgan fingerprint density at radius 1 is 1.32 bits per heavy atom. The average molecular weight is 272 g/mol. The van der Waals surface area contributed by atoms with Gasteiger partial charge in [0.05, 0.1) is 12.0 Å². The summed E-state index contributed by atoms with van der Waals surface area (Å²) in [5.74, 6) is -0.796. The standard InChI is InChI=1S/C13H24N2O4/c1-10(2)15(8-9-16)12(19)14-6-4-13(3,5-7-14)11(17)18/h10,16H,4-9H2,1-3H3,(H,17,18). The predicted molar refractivity (Wildman–Crippen MR) is 70.9 cm³/mol. The third kappa shape index (κ3) is 3.59. The molecule has 0 unspecified atom stereocenters. The lowest BCUT2D eigenvalue weighted by Gasteiger charge is -2.39. The Morgan fingerprint density at radius 3 is 2.21 bits per heavy atom. The smallest absolute Gasteiger partial charge is 0.320 e. The zero-order chi connectivity index (χ0) is 14.6. The maximum Gasteiger partial charge on any atom is 0.320 e. The zero-order valence-electron chi connectivity index (χ0n) is 11.9. The third-order valence-electron chi connectivity index (χ3n) is 3.86. The average Bonchev–Trinajstić information content (AvgIpc) is 2.35. The van der Waals surface area contributed by atoms with E-state index in [0.717, 1.165) is 0 Å². The molecule has 0 saturated carbocycles. The van der Waals surface area contributed by atoms with E-state index in [4.69, 9.17) is 10.2 Å². The molecule has 110 valence electrons. The van der Waals surface area contributed by atoms with Gasteiger partial charge in [0.25, 0.3) is 0 Å². The molecule has 0 aliphatic carbocycles. The van der Waals surface area contributed by atoms with Gasteiger partial charge in [-0.1, -0.05) is 0 Å². The van der Waals surface area contributed by atoms with Crippen LogP contribution in [0.1, 0.15) is 33.6 Å². The second-order valence-electron chi connectivity index (χ2n) is 5.65. The summed E-state index contributed by atoms with van der Waals surface area (Å²) in [4.78, 5) is 26.7. The highest BCUT2D eigenvalue weighted by Gasteiger charge is 2.39. The van der Waals surface area contributed by atoms with E-state index in [1.165, 1.54) is 0 Å². The van der Waals surface area contributed by atoms with Crippen LogP contribution in [0.4, 0.5) is 4.79 Å². The van der Waals surface area contributed by atoms with Crippen molar-refractivity contribution in [1.82, 2.24) is 9.80 Å². The van der Waals surface area contributed by atoms with Crippen LogP contribution in [0.3, 0.4) is 0 Å². The van der Waals surface area contributed by atoms with Crippen molar-refractivity contribution in [3.05, 3.63) is 0 Å². The number of carboxylic acids is 1. The van der Waals surface area contributed by atoms with E-state index in [-0.39, 0.29) is 18.7 Å². The van der Waals surface area contributed by atoms with Crippen molar-refractivity contribution >= 4 is 12.0 Å². The van der Waals surface area contributed by atoms with Crippen molar-refractivity contribution < 1.29 is 19.8 Å². The quantitative estimate of drug-likeness (QED) is 0.800. The summed E-state index contributed by atoms with van der Waals surface area (Å²) in [6.45, 7) is 6.68. The van der Waals surface area contributed by atoms with Crippen LogP contribution in [-0.2, 0) is 4.79 Å². The van der Waals surface area contributed by atoms with Gasteiger partial charge in [0, 0.05) is 25.7 Å². The number of carbonyl (C=O) groups is 2. The first-order valence-corrected chi connectivity index (χ1v) is 6.71. The van der Waals surface area contributed by atoms with E-state index >= 15 is 0 Å². The summed E-state index contributed by atoms with van der Waals surface area (Å²) in [7, 11) is 0. The van der Waals surface area contributed by atoms with Gasteiger partial charge < -0.3 is 20.0 Å². The lowest BCUT2D eigenvalue weighted by molar-refractivity contribution is -0.150. The minimum Gasteiger partial charge on any atom is -0.481 e. The van der Waals surface area contributed by atoms with E-state index in [1.807, 2.05) is 13.8 Å². The zero-order valence-corrected chi connectivity index (χ0v) is 11.9. The van der Waals surface area contributed by atoms with Crippen molar-refractivity contribution in [3.63, 3.8) is 0 Å². The summed E-state index contributed by atoms with van der Waals surface area (Å²) in [6, 6.07) is -0.0936. The number of carbonyl (C=O) groups excluding carboxylic acids is 1. The molecule has 1 fully saturated rings. The molecule has 2 N–H and O–H groups in total. The molecule has 1 aliphatic rings. The van der Waals surface area contributed by atoms with Gasteiger partial charge in [-0.15, -0.1) is 0 Å². The number of hydrogen-bond donors (Lipinski definition) is 2. The van der Waals surface area contributed by atoms with Crippen LogP contribution in [0.15, 0.2) is 0 Å². The molecule has 1 saturated heterocycles. The second-order valence-corrected chi connectivity index (χ2v) is 5.65. The largest absolute Gasteiger partial charge is 0.481 e. The highest BCUT2D eigenvalue weighted by Crippen LogP contribution is 2.31. The van der Waals surface area contributed by atoms with Crippen LogP contribution in [0, 0.1) is 5.41 Å².